The zero-order chi connectivity index (χ0) is 12.2. The van der Waals surface area contributed by atoms with Gasteiger partial charge in [0, 0.05) is 12.6 Å². The van der Waals surface area contributed by atoms with Crippen LogP contribution in [0, 0.1) is 0 Å². The molecule has 98 valence electrons. The molecule has 0 aromatic carbocycles. The first kappa shape index (κ1) is 15.9. The Labute approximate surface area is 102 Å². The monoisotopic (exact) mass is 229 g/mol. The Morgan fingerprint density at radius 1 is 1.00 bits per heavy atom. The second kappa shape index (κ2) is 11.4. The number of nitrogens with one attached hydrogen (secondary N) is 1. The summed E-state index contributed by atoms with van der Waals surface area (Å²) in [6.45, 7) is 10.7. The maximum Gasteiger partial charge on any atom is 0.0594 e. The van der Waals surface area contributed by atoms with E-state index >= 15 is 0 Å². The summed E-state index contributed by atoms with van der Waals surface area (Å²) in [4.78, 5) is 0. The lowest BCUT2D eigenvalue weighted by atomic mass is 10.1. The quantitative estimate of drug-likeness (QED) is 0.545. The van der Waals surface area contributed by atoms with Crippen LogP contribution >= 0.6 is 0 Å². The molecule has 0 aliphatic heterocycles. The Balaban J connectivity index is 3.23. The van der Waals surface area contributed by atoms with Gasteiger partial charge in [-0.25, -0.2) is 0 Å². The van der Waals surface area contributed by atoms with Gasteiger partial charge in [-0.2, -0.15) is 0 Å². The summed E-state index contributed by atoms with van der Waals surface area (Å²) in [5, 5.41) is 3.51. The fourth-order valence-corrected chi connectivity index (χ4v) is 1.86. The number of ether oxygens (including phenoxy) is 1. The van der Waals surface area contributed by atoms with E-state index in [0.29, 0.717) is 12.1 Å². The van der Waals surface area contributed by atoms with Crippen molar-refractivity contribution in [2.75, 3.05) is 13.2 Å². The molecule has 16 heavy (non-hydrogen) atoms. The first-order valence-corrected chi connectivity index (χ1v) is 7.05. The molecular weight excluding hydrogens is 198 g/mol. The van der Waals surface area contributed by atoms with Crippen molar-refractivity contribution in [2.24, 2.45) is 0 Å². The van der Waals surface area contributed by atoms with E-state index < -0.39 is 0 Å². The third-order valence-electron chi connectivity index (χ3n) is 2.93. The molecule has 0 aliphatic rings. The summed E-state index contributed by atoms with van der Waals surface area (Å²) in [5.74, 6) is 0. The average Bonchev–Trinajstić information content (AvgIpc) is 2.25. The van der Waals surface area contributed by atoms with Crippen LogP contribution < -0.4 is 5.32 Å². The van der Waals surface area contributed by atoms with Crippen LogP contribution in [0.5, 0.6) is 0 Å². The van der Waals surface area contributed by atoms with E-state index in [2.05, 4.69) is 33.0 Å². The van der Waals surface area contributed by atoms with Crippen molar-refractivity contribution in [1.29, 1.82) is 0 Å². The predicted molar refractivity (Wildman–Crippen MR) is 71.9 cm³/mol. The number of hydrogen-bond donors (Lipinski definition) is 1. The van der Waals surface area contributed by atoms with Crippen molar-refractivity contribution in [1.82, 2.24) is 5.32 Å². The van der Waals surface area contributed by atoms with Crippen LogP contribution in [0.2, 0.25) is 0 Å². The van der Waals surface area contributed by atoms with Gasteiger partial charge in [0.05, 0.1) is 12.7 Å². The van der Waals surface area contributed by atoms with E-state index in [1.165, 1.54) is 38.5 Å². The minimum Gasteiger partial charge on any atom is -0.377 e. The van der Waals surface area contributed by atoms with Crippen LogP contribution in [0.3, 0.4) is 0 Å². The van der Waals surface area contributed by atoms with Crippen LogP contribution in [0.15, 0.2) is 0 Å². The lowest BCUT2D eigenvalue weighted by Gasteiger charge is -2.15. The highest BCUT2D eigenvalue weighted by molar-refractivity contribution is 4.60. The number of rotatable bonds is 11. The average molecular weight is 229 g/mol. The molecule has 0 radical (unpaired) electrons. The Bertz CT molecular complexity index is 139. The maximum absolute atomic E-state index is 5.70. The third-order valence-corrected chi connectivity index (χ3v) is 2.93. The molecule has 0 aromatic heterocycles. The van der Waals surface area contributed by atoms with Crippen molar-refractivity contribution >= 4 is 0 Å². The lowest BCUT2D eigenvalue weighted by Crippen LogP contribution is -2.30. The zero-order valence-corrected chi connectivity index (χ0v) is 11.7. The van der Waals surface area contributed by atoms with Crippen molar-refractivity contribution in [3.8, 4) is 0 Å². The predicted octanol–water partition coefficient (Wildman–Crippen LogP) is 3.75. The standard InChI is InChI=1S/C14H31NO/c1-5-7-8-10-13(3)15-11-12-16-14(4)9-6-2/h13-15H,5-12H2,1-4H3. The molecule has 2 atom stereocenters. The molecule has 0 aliphatic carbocycles. The Morgan fingerprint density at radius 2 is 1.75 bits per heavy atom. The molecule has 1 N–H and O–H groups in total. The molecule has 0 fully saturated rings. The van der Waals surface area contributed by atoms with Gasteiger partial charge in [0.25, 0.3) is 0 Å². The van der Waals surface area contributed by atoms with Crippen LogP contribution in [0.25, 0.3) is 0 Å². The Kier molecular flexibility index (Phi) is 11.3. The molecule has 0 saturated carbocycles. The first-order valence-electron chi connectivity index (χ1n) is 7.05. The van der Waals surface area contributed by atoms with Gasteiger partial charge >= 0.3 is 0 Å². The molecule has 2 unspecified atom stereocenters. The second-order valence-corrected chi connectivity index (χ2v) is 4.82. The number of unbranched alkanes of at least 4 members (excludes halogenated alkanes) is 2. The molecule has 0 rings (SSSR count). The van der Waals surface area contributed by atoms with Crippen LogP contribution in [-0.4, -0.2) is 25.3 Å². The van der Waals surface area contributed by atoms with Gasteiger partial charge in [0.2, 0.25) is 0 Å². The van der Waals surface area contributed by atoms with Gasteiger partial charge in [-0.3, -0.25) is 0 Å². The minimum atomic E-state index is 0.419. The molecular formula is C14H31NO. The van der Waals surface area contributed by atoms with E-state index in [9.17, 15) is 0 Å². The van der Waals surface area contributed by atoms with E-state index in [1.807, 2.05) is 0 Å². The van der Waals surface area contributed by atoms with Crippen LogP contribution in [0.1, 0.15) is 66.2 Å². The molecule has 0 saturated heterocycles. The minimum absolute atomic E-state index is 0.419. The van der Waals surface area contributed by atoms with Gasteiger partial charge in [-0.05, 0) is 26.7 Å². The smallest absolute Gasteiger partial charge is 0.0594 e. The summed E-state index contributed by atoms with van der Waals surface area (Å²) in [6.07, 6.45) is 8.10. The summed E-state index contributed by atoms with van der Waals surface area (Å²) >= 11 is 0. The summed E-state index contributed by atoms with van der Waals surface area (Å²) in [5.41, 5.74) is 0. The Hall–Kier alpha value is -0.0800. The molecule has 0 spiro atoms. The Morgan fingerprint density at radius 3 is 2.38 bits per heavy atom. The molecule has 0 heterocycles. The van der Waals surface area contributed by atoms with E-state index in [-0.39, 0.29) is 0 Å². The SMILES string of the molecule is CCCCCC(C)NCCOC(C)CCC. The van der Waals surface area contributed by atoms with E-state index in [4.69, 9.17) is 4.74 Å². The highest BCUT2D eigenvalue weighted by Crippen LogP contribution is 2.03. The summed E-state index contributed by atoms with van der Waals surface area (Å²) in [6, 6.07) is 0.636. The van der Waals surface area contributed by atoms with Crippen molar-refractivity contribution in [3.05, 3.63) is 0 Å². The fourth-order valence-electron chi connectivity index (χ4n) is 1.86. The molecule has 0 bridgehead atoms. The molecule has 0 aromatic rings. The highest BCUT2D eigenvalue weighted by Gasteiger charge is 2.02. The molecule has 2 nitrogen and oxygen atoms in total. The molecule has 2 heteroatoms. The maximum atomic E-state index is 5.70. The topological polar surface area (TPSA) is 21.3 Å². The normalized spacial score (nSPS) is 15.0. The highest BCUT2D eigenvalue weighted by atomic mass is 16.5. The van der Waals surface area contributed by atoms with Gasteiger partial charge in [-0.1, -0.05) is 39.5 Å². The molecule has 0 amide bonds. The van der Waals surface area contributed by atoms with E-state index in [1.54, 1.807) is 0 Å². The fraction of sp³-hybridized carbons (Fsp3) is 1.00. The van der Waals surface area contributed by atoms with Crippen LogP contribution in [0.4, 0.5) is 0 Å². The number of hydrogen-bond acceptors (Lipinski definition) is 2. The lowest BCUT2D eigenvalue weighted by molar-refractivity contribution is 0.0606. The van der Waals surface area contributed by atoms with Crippen LogP contribution in [-0.2, 0) is 4.74 Å². The van der Waals surface area contributed by atoms with E-state index in [0.717, 1.165) is 13.2 Å². The second-order valence-electron chi connectivity index (χ2n) is 4.82. The van der Waals surface area contributed by atoms with Gasteiger partial charge < -0.3 is 10.1 Å². The van der Waals surface area contributed by atoms with Gasteiger partial charge in [-0.15, -0.1) is 0 Å². The summed E-state index contributed by atoms with van der Waals surface area (Å²) < 4.78 is 5.70. The largest absolute Gasteiger partial charge is 0.377 e. The third kappa shape index (κ3) is 10.4. The zero-order valence-electron chi connectivity index (χ0n) is 11.7. The van der Waals surface area contributed by atoms with Crippen molar-refractivity contribution in [3.63, 3.8) is 0 Å². The summed E-state index contributed by atoms with van der Waals surface area (Å²) in [7, 11) is 0. The van der Waals surface area contributed by atoms with Gasteiger partial charge in [0.1, 0.15) is 0 Å². The first-order chi connectivity index (χ1) is 7.70. The van der Waals surface area contributed by atoms with Crippen molar-refractivity contribution in [2.45, 2.75) is 78.4 Å². The van der Waals surface area contributed by atoms with Gasteiger partial charge in [0.15, 0.2) is 0 Å². The van der Waals surface area contributed by atoms with Crippen molar-refractivity contribution < 1.29 is 4.74 Å².